The van der Waals surface area contributed by atoms with Gasteiger partial charge in [-0.2, -0.15) is 0 Å². The fourth-order valence-corrected chi connectivity index (χ4v) is 2.86. The van der Waals surface area contributed by atoms with E-state index in [1.165, 1.54) is 21.8 Å². The van der Waals surface area contributed by atoms with E-state index in [9.17, 15) is 0 Å². The third-order valence-electron chi connectivity index (χ3n) is 5.39. The van der Waals surface area contributed by atoms with Crippen LogP contribution in [0.15, 0.2) is 42.5 Å². The summed E-state index contributed by atoms with van der Waals surface area (Å²) in [5.74, 6) is 0. The van der Waals surface area contributed by atoms with Crippen LogP contribution in [0.3, 0.4) is 0 Å². The summed E-state index contributed by atoms with van der Waals surface area (Å²) in [6, 6.07) is 14.9. The molecule has 0 spiro atoms. The summed E-state index contributed by atoms with van der Waals surface area (Å²) in [5.41, 5.74) is 2.71. The molecule has 0 bridgehead atoms. The minimum Gasteiger partial charge on any atom is -0.427 e. The summed E-state index contributed by atoms with van der Waals surface area (Å²) in [4.78, 5) is 0. The summed E-state index contributed by atoms with van der Waals surface area (Å²) in [6.07, 6.45) is 0. The SMILES string of the molecule is COC(C)(C)C(C)(C)O[B]c1ccc2c(c1)c1ccccc1n2C. The minimum absolute atomic E-state index is 0.382. The third kappa shape index (κ3) is 2.74. The summed E-state index contributed by atoms with van der Waals surface area (Å²) in [5, 5.41) is 2.51. The molecule has 24 heavy (non-hydrogen) atoms. The van der Waals surface area contributed by atoms with Crippen molar-refractivity contribution in [1.29, 1.82) is 0 Å². The number of para-hydroxylation sites is 1. The van der Waals surface area contributed by atoms with Crippen LogP contribution in [-0.4, -0.2) is 30.4 Å². The van der Waals surface area contributed by atoms with Gasteiger partial charge >= 0.3 is 7.48 Å². The van der Waals surface area contributed by atoms with E-state index in [-0.39, 0.29) is 5.60 Å². The first-order chi connectivity index (χ1) is 11.3. The second-order valence-corrected chi connectivity index (χ2v) is 7.31. The number of rotatable bonds is 5. The van der Waals surface area contributed by atoms with Gasteiger partial charge in [0.1, 0.15) is 0 Å². The molecule has 1 aromatic heterocycles. The molecule has 0 N–H and O–H groups in total. The summed E-state index contributed by atoms with van der Waals surface area (Å²) in [7, 11) is 5.66. The van der Waals surface area contributed by atoms with Crippen LogP contribution in [0.25, 0.3) is 21.8 Å². The number of aromatic nitrogens is 1. The standard InChI is InChI=1S/C20H25BNO2/c1-19(2,23-6)20(3,4)24-21-14-11-12-18-16(13-14)15-9-7-8-10-17(15)22(18)5/h7-13H,1-6H3. The van der Waals surface area contributed by atoms with Crippen LogP contribution >= 0.6 is 0 Å². The van der Waals surface area contributed by atoms with Crippen molar-refractivity contribution in [1.82, 2.24) is 4.57 Å². The van der Waals surface area contributed by atoms with Gasteiger partial charge in [0.15, 0.2) is 0 Å². The van der Waals surface area contributed by atoms with Gasteiger partial charge in [-0.3, -0.25) is 0 Å². The molecule has 3 rings (SSSR count). The molecule has 0 aliphatic heterocycles. The van der Waals surface area contributed by atoms with Gasteiger partial charge in [-0.15, -0.1) is 0 Å². The molecule has 4 heteroatoms. The average Bonchev–Trinajstić information content (AvgIpc) is 2.86. The molecule has 125 valence electrons. The molecule has 1 radical (unpaired) electrons. The largest absolute Gasteiger partial charge is 0.427 e. The fourth-order valence-electron chi connectivity index (χ4n) is 2.86. The van der Waals surface area contributed by atoms with E-state index < -0.39 is 5.60 Å². The Labute approximate surface area is 144 Å². The van der Waals surface area contributed by atoms with Gasteiger partial charge in [0.2, 0.25) is 0 Å². The van der Waals surface area contributed by atoms with E-state index in [2.05, 4.69) is 54.1 Å². The van der Waals surface area contributed by atoms with Crippen molar-refractivity contribution < 1.29 is 9.39 Å². The lowest BCUT2D eigenvalue weighted by Gasteiger charge is -2.40. The van der Waals surface area contributed by atoms with Gasteiger partial charge in [0.05, 0.1) is 11.2 Å². The maximum Gasteiger partial charge on any atom is 0.330 e. The van der Waals surface area contributed by atoms with Crippen LogP contribution in [-0.2, 0) is 16.4 Å². The van der Waals surface area contributed by atoms with Crippen molar-refractivity contribution in [2.24, 2.45) is 7.05 Å². The molecule has 2 aromatic carbocycles. The van der Waals surface area contributed by atoms with Gasteiger partial charge < -0.3 is 14.0 Å². The van der Waals surface area contributed by atoms with Crippen LogP contribution in [0.5, 0.6) is 0 Å². The smallest absolute Gasteiger partial charge is 0.330 e. The lowest BCUT2D eigenvalue weighted by molar-refractivity contribution is -0.114. The predicted octanol–water partition coefficient (Wildman–Crippen LogP) is 3.80. The molecule has 0 fully saturated rings. The first-order valence-corrected chi connectivity index (χ1v) is 8.30. The lowest BCUT2D eigenvalue weighted by Crippen LogP contribution is -2.50. The predicted molar refractivity (Wildman–Crippen MR) is 102 cm³/mol. The number of methoxy groups -OCH3 is 1. The van der Waals surface area contributed by atoms with Crippen molar-refractivity contribution in [2.75, 3.05) is 7.11 Å². The molecule has 0 aliphatic rings. The Morgan fingerprint density at radius 2 is 1.54 bits per heavy atom. The fraction of sp³-hybridized carbons (Fsp3) is 0.400. The molecule has 0 saturated carbocycles. The first kappa shape index (κ1) is 17.1. The molecule has 0 amide bonds. The van der Waals surface area contributed by atoms with Crippen LogP contribution in [0.4, 0.5) is 0 Å². The quantitative estimate of drug-likeness (QED) is 0.667. The number of nitrogens with zero attached hydrogens (tertiary/aromatic N) is 1. The third-order valence-corrected chi connectivity index (χ3v) is 5.39. The number of hydrogen-bond acceptors (Lipinski definition) is 2. The maximum absolute atomic E-state index is 6.08. The molecule has 0 saturated heterocycles. The normalized spacial score (nSPS) is 12.9. The Balaban J connectivity index is 1.93. The summed E-state index contributed by atoms with van der Waals surface area (Å²) < 4.78 is 13.9. The lowest BCUT2D eigenvalue weighted by atomic mass is 9.82. The second-order valence-electron chi connectivity index (χ2n) is 7.31. The van der Waals surface area contributed by atoms with E-state index in [0.29, 0.717) is 0 Å². The highest BCUT2D eigenvalue weighted by molar-refractivity contribution is 6.47. The molecule has 3 aromatic rings. The Kier molecular flexibility index (Phi) is 4.22. The molecular weight excluding hydrogens is 297 g/mol. The van der Waals surface area contributed by atoms with E-state index >= 15 is 0 Å². The van der Waals surface area contributed by atoms with E-state index in [0.717, 1.165) is 5.46 Å². The monoisotopic (exact) mass is 322 g/mol. The van der Waals surface area contributed by atoms with Gasteiger partial charge in [-0.05, 0) is 39.8 Å². The zero-order valence-corrected chi connectivity index (χ0v) is 15.4. The van der Waals surface area contributed by atoms with Gasteiger partial charge in [0.25, 0.3) is 0 Å². The number of benzene rings is 2. The molecular formula is C20H25BNO2. The Hall–Kier alpha value is -1.78. The van der Waals surface area contributed by atoms with Crippen molar-refractivity contribution in [2.45, 2.75) is 38.9 Å². The number of ether oxygens (including phenoxy) is 1. The van der Waals surface area contributed by atoms with Crippen LogP contribution in [0.1, 0.15) is 27.7 Å². The highest BCUT2D eigenvalue weighted by atomic mass is 16.5. The Morgan fingerprint density at radius 1 is 0.875 bits per heavy atom. The van der Waals surface area contributed by atoms with E-state index in [1.54, 1.807) is 7.11 Å². The zero-order valence-electron chi connectivity index (χ0n) is 15.4. The van der Waals surface area contributed by atoms with E-state index in [1.807, 2.05) is 35.2 Å². The van der Waals surface area contributed by atoms with Crippen molar-refractivity contribution in [3.63, 3.8) is 0 Å². The maximum atomic E-state index is 6.08. The topological polar surface area (TPSA) is 23.4 Å². The number of fused-ring (bicyclic) bond motifs is 3. The highest BCUT2D eigenvalue weighted by Gasteiger charge is 2.37. The molecule has 0 aliphatic carbocycles. The molecule has 3 nitrogen and oxygen atoms in total. The Morgan fingerprint density at radius 3 is 2.25 bits per heavy atom. The van der Waals surface area contributed by atoms with Crippen LogP contribution in [0, 0.1) is 0 Å². The molecule has 0 atom stereocenters. The zero-order chi connectivity index (χ0) is 17.5. The summed E-state index contributed by atoms with van der Waals surface area (Å²) >= 11 is 0. The van der Waals surface area contributed by atoms with Crippen LogP contribution in [0.2, 0.25) is 0 Å². The average molecular weight is 322 g/mol. The number of hydrogen-bond donors (Lipinski definition) is 0. The second kappa shape index (κ2) is 5.94. The minimum atomic E-state index is -0.435. The first-order valence-electron chi connectivity index (χ1n) is 8.30. The Bertz CT molecular complexity index is 880. The molecule has 0 unspecified atom stereocenters. The van der Waals surface area contributed by atoms with Crippen molar-refractivity contribution >= 4 is 34.8 Å². The van der Waals surface area contributed by atoms with Crippen molar-refractivity contribution in [3.8, 4) is 0 Å². The van der Waals surface area contributed by atoms with Gasteiger partial charge in [0, 0.05) is 36.0 Å². The van der Waals surface area contributed by atoms with Gasteiger partial charge in [-0.25, -0.2) is 0 Å². The van der Waals surface area contributed by atoms with Gasteiger partial charge in [-0.1, -0.05) is 35.8 Å². The van der Waals surface area contributed by atoms with Crippen molar-refractivity contribution in [3.05, 3.63) is 42.5 Å². The molecule has 1 heterocycles. The van der Waals surface area contributed by atoms with Crippen LogP contribution < -0.4 is 5.46 Å². The highest BCUT2D eigenvalue weighted by Crippen LogP contribution is 2.29. The summed E-state index contributed by atoms with van der Waals surface area (Å²) in [6.45, 7) is 8.16. The number of aryl methyl sites for hydroxylation is 1. The van der Waals surface area contributed by atoms with E-state index in [4.69, 9.17) is 9.39 Å².